The van der Waals surface area contributed by atoms with E-state index in [1.807, 2.05) is 0 Å². The van der Waals surface area contributed by atoms with Crippen molar-refractivity contribution in [1.82, 2.24) is 4.98 Å². The Hall–Kier alpha value is -1.67. The first-order valence-electron chi connectivity index (χ1n) is 5.50. The molecule has 0 amide bonds. The Bertz CT molecular complexity index is 765. The molecule has 20 heavy (non-hydrogen) atoms. The molecule has 1 heterocycles. The van der Waals surface area contributed by atoms with Gasteiger partial charge in [0.25, 0.3) is 10.0 Å². The number of rotatable bonds is 3. The van der Waals surface area contributed by atoms with Gasteiger partial charge < -0.3 is 5.73 Å². The summed E-state index contributed by atoms with van der Waals surface area (Å²) in [5.74, 6) is -0.895. The molecule has 0 atom stereocenters. The van der Waals surface area contributed by atoms with E-state index in [-0.39, 0.29) is 15.8 Å². The number of nitrogens with two attached hydrogens (primary N) is 1. The van der Waals surface area contributed by atoms with Crippen LogP contribution in [-0.4, -0.2) is 13.4 Å². The molecule has 8 heteroatoms. The van der Waals surface area contributed by atoms with Crippen LogP contribution in [0.2, 0.25) is 0 Å². The monoisotopic (exact) mass is 359 g/mol. The number of aryl methyl sites for hydroxylation is 1. The summed E-state index contributed by atoms with van der Waals surface area (Å²) in [4.78, 5) is 3.44. The fourth-order valence-electron chi connectivity index (χ4n) is 1.57. The minimum atomic E-state index is -4.09. The number of anilines is 2. The van der Waals surface area contributed by atoms with Crippen LogP contribution in [-0.2, 0) is 10.0 Å². The Kier molecular flexibility index (Phi) is 3.96. The number of aromatic nitrogens is 1. The number of nitrogens with one attached hydrogen (secondary N) is 1. The van der Waals surface area contributed by atoms with Crippen LogP contribution in [0, 0.1) is 12.7 Å². The zero-order valence-electron chi connectivity index (χ0n) is 10.4. The maximum Gasteiger partial charge on any atom is 0.264 e. The summed E-state index contributed by atoms with van der Waals surface area (Å²) in [5, 5.41) is 0. The molecule has 0 saturated carbocycles. The molecule has 0 fully saturated rings. The van der Waals surface area contributed by atoms with Gasteiger partial charge in [-0.25, -0.2) is 12.8 Å². The van der Waals surface area contributed by atoms with Gasteiger partial charge in [0, 0.05) is 11.9 Å². The standard InChI is InChI=1S/C12H11BrFN3O2S/c1-7-10(3-2-4-16-7)17-20(18,19)11-6-8(15)5-9(13)12(11)14/h2-6,17H,15H2,1H3. The molecule has 5 nitrogen and oxygen atoms in total. The number of hydrogen-bond acceptors (Lipinski definition) is 4. The van der Waals surface area contributed by atoms with Gasteiger partial charge in [-0.2, -0.15) is 0 Å². The molecule has 0 aliphatic carbocycles. The Labute approximate surface area is 124 Å². The summed E-state index contributed by atoms with van der Waals surface area (Å²) in [7, 11) is -4.09. The van der Waals surface area contributed by atoms with Crippen LogP contribution in [0.3, 0.4) is 0 Å². The minimum absolute atomic E-state index is 0.0132. The summed E-state index contributed by atoms with van der Waals surface area (Å²) < 4.78 is 40.7. The van der Waals surface area contributed by atoms with Crippen molar-refractivity contribution in [3.63, 3.8) is 0 Å². The fourth-order valence-corrected chi connectivity index (χ4v) is 3.43. The second-order valence-corrected chi connectivity index (χ2v) is 6.56. The van der Waals surface area contributed by atoms with Gasteiger partial charge in [0.1, 0.15) is 4.90 Å². The van der Waals surface area contributed by atoms with Crippen LogP contribution in [0.5, 0.6) is 0 Å². The third kappa shape index (κ3) is 2.91. The number of nitrogen functional groups attached to an aromatic ring is 1. The van der Waals surface area contributed by atoms with Crippen molar-refractivity contribution in [2.45, 2.75) is 11.8 Å². The van der Waals surface area contributed by atoms with Crippen molar-refractivity contribution < 1.29 is 12.8 Å². The predicted molar refractivity (Wildman–Crippen MR) is 78.3 cm³/mol. The summed E-state index contributed by atoms with van der Waals surface area (Å²) in [5.41, 5.74) is 6.46. The number of sulfonamides is 1. The van der Waals surface area contributed by atoms with E-state index in [2.05, 4.69) is 25.6 Å². The second-order valence-electron chi connectivity index (χ2n) is 4.06. The molecule has 0 saturated heterocycles. The van der Waals surface area contributed by atoms with Crippen molar-refractivity contribution in [2.75, 3.05) is 10.5 Å². The zero-order chi connectivity index (χ0) is 14.9. The van der Waals surface area contributed by atoms with Crippen LogP contribution in [0.25, 0.3) is 0 Å². The maximum absolute atomic E-state index is 13.9. The van der Waals surface area contributed by atoms with E-state index in [4.69, 9.17) is 5.73 Å². The lowest BCUT2D eigenvalue weighted by Crippen LogP contribution is -2.16. The lowest BCUT2D eigenvalue weighted by atomic mass is 10.3. The average Bonchev–Trinajstić information content (AvgIpc) is 2.36. The Morgan fingerprint density at radius 1 is 1.40 bits per heavy atom. The SMILES string of the molecule is Cc1ncccc1NS(=O)(=O)c1cc(N)cc(Br)c1F. The topological polar surface area (TPSA) is 85.1 Å². The fraction of sp³-hybridized carbons (Fsp3) is 0.0833. The van der Waals surface area contributed by atoms with Gasteiger partial charge in [-0.3, -0.25) is 9.71 Å². The van der Waals surface area contributed by atoms with E-state index >= 15 is 0 Å². The highest BCUT2D eigenvalue weighted by Crippen LogP contribution is 2.27. The largest absolute Gasteiger partial charge is 0.399 e. The van der Waals surface area contributed by atoms with Crippen molar-refractivity contribution in [2.24, 2.45) is 0 Å². The molecule has 0 aliphatic heterocycles. The van der Waals surface area contributed by atoms with E-state index in [0.29, 0.717) is 5.69 Å². The molecule has 3 N–H and O–H groups in total. The van der Waals surface area contributed by atoms with Crippen LogP contribution < -0.4 is 10.5 Å². The maximum atomic E-state index is 13.9. The molecule has 0 aliphatic rings. The van der Waals surface area contributed by atoms with Crippen LogP contribution in [0.15, 0.2) is 39.8 Å². The van der Waals surface area contributed by atoms with Gasteiger partial charge in [-0.1, -0.05) is 0 Å². The van der Waals surface area contributed by atoms with Gasteiger partial charge >= 0.3 is 0 Å². The van der Waals surface area contributed by atoms with E-state index in [0.717, 1.165) is 6.07 Å². The third-order valence-electron chi connectivity index (χ3n) is 2.56. The molecule has 0 spiro atoms. The molecule has 2 rings (SSSR count). The average molecular weight is 360 g/mol. The molecule has 1 aromatic heterocycles. The third-order valence-corrected chi connectivity index (χ3v) is 4.50. The van der Waals surface area contributed by atoms with Crippen molar-refractivity contribution in [3.8, 4) is 0 Å². The minimum Gasteiger partial charge on any atom is -0.399 e. The normalized spacial score (nSPS) is 11.3. The first kappa shape index (κ1) is 14.7. The zero-order valence-corrected chi connectivity index (χ0v) is 12.8. The van der Waals surface area contributed by atoms with Crippen LogP contribution in [0.4, 0.5) is 15.8 Å². The summed E-state index contributed by atoms with van der Waals surface area (Å²) >= 11 is 2.93. The van der Waals surface area contributed by atoms with E-state index in [1.165, 1.54) is 12.3 Å². The van der Waals surface area contributed by atoms with Crippen molar-refractivity contribution in [3.05, 3.63) is 46.4 Å². The van der Waals surface area contributed by atoms with Gasteiger partial charge in [0.05, 0.1) is 15.9 Å². The highest BCUT2D eigenvalue weighted by molar-refractivity contribution is 9.10. The number of benzene rings is 1. The van der Waals surface area contributed by atoms with E-state index in [1.54, 1.807) is 19.1 Å². The molecule has 0 radical (unpaired) electrons. The highest BCUT2D eigenvalue weighted by Gasteiger charge is 2.22. The number of hydrogen-bond donors (Lipinski definition) is 2. The number of pyridine rings is 1. The molecule has 1 aromatic carbocycles. The predicted octanol–water partition coefficient (Wildman–Crippen LogP) is 2.67. The molecular formula is C12H11BrFN3O2S. The number of nitrogens with zero attached hydrogens (tertiary/aromatic N) is 1. The number of halogens is 2. The Morgan fingerprint density at radius 3 is 2.75 bits per heavy atom. The van der Waals surface area contributed by atoms with Gasteiger partial charge in [-0.15, -0.1) is 0 Å². The highest BCUT2D eigenvalue weighted by atomic mass is 79.9. The smallest absolute Gasteiger partial charge is 0.264 e. The quantitative estimate of drug-likeness (QED) is 0.825. The molecule has 0 bridgehead atoms. The Morgan fingerprint density at radius 2 is 2.10 bits per heavy atom. The van der Waals surface area contributed by atoms with E-state index in [9.17, 15) is 12.8 Å². The Balaban J connectivity index is 2.49. The van der Waals surface area contributed by atoms with Crippen LogP contribution >= 0.6 is 15.9 Å². The molecular weight excluding hydrogens is 349 g/mol. The van der Waals surface area contributed by atoms with E-state index < -0.39 is 20.7 Å². The first-order valence-corrected chi connectivity index (χ1v) is 7.78. The summed E-state index contributed by atoms with van der Waals surface area (Å²) in [6.07, 6.45) is 1.53. The molecule has 0 unspecified atom stereocenters. The van der Waals surface area contributed by atoms with Gasteiger partial charge in [-0.05, 0) is 47.1 Å². The molecule has 2 aromatic rings. The molecule has 106 valence electrons. The second kappa shape index (κ2) is 5.37. The summed E-state index contributed by atoms with van der Waals surface area (Å²) in [6.45, 7) is 1.64. The first-order chi connectivity index (χ1) is 9.31. The lowest BCUT2D eigenvalue weighted by molar-refractivity contribution is 0.567. The van der Waals surface area contributed by atoms with Gasteiger partial charge in [0.15, 0.2) is 5.82 Å². The van der Waals surface area contributed by atoms with Gasteiger partial charge in [0.2, 0.25) is 0 Å². The van der Waals surface area contributed by atoms with Crippen LogP contribution in [0.1, 0.15) is 5.69 Å². The van der Waals surface area contributed by atoms with Crippen molar-refractivity contribution >= 4 is 37.3 Å². The van der Waals surface area contributed by atoms with Crippen molar-refractivity contribution in [1.29, 1.82) is 0 Å². The summed E-state index contributed by atoms with van der Waals surface area (Å²) in [6, 6.07) is 5.48. The lowest BCUT2D eigenvalue weighted by Gasteiger charge is -2.11.